The molecule has 0 saturated heterocycles. The predicted octanol–water partition coefficient (Wildman–Crippen LogP) is 1.32. The fourth-order valence-corrected chi connectivity index (χ4v) is 1.74. The van der Waals surface area contributed by atoms with E-state index in [1.165, 1.54) is 46.1 Å². The van der Waals surface area contributed by atoms with Crippen molar-refractivity contribution in [1.29, 1.82) is 0 Å². The number of anilines is 2. The summed E-state index contributed by atoms with van der Waals surface area (Å²) in [4.78, 5) is 45.7. The minimum Gasteiger partial charge on any atom is -0.466 e. The Morgan fingerprint density at radius 1 is 0.957 bits per heavy atom. The fourth-order valence-electron chi connectivity index (χ4n) is 1.74. The van der Waals surface area contributed by atoms with E-state index in [2.05, 4.69) is 15.4 Å². The summed E-state index contributed by atoms with van der Waals surface area (Å²) in [5.41, 5.74) is 0.679. The molecule has 8 nitrogen and oxygen atoms in total. The lowest BCUT2D eigenvalue weighted by molar-refractivity contribution is -0.149. The van der Waals surface area contributed by atoms with Gasteiger partial charge in [-0.1, -0.05) is 0 Å². The molecule has 0 aliphatic carbocycles. The Kier molecular flexibility index (Phi) is 6.25. The fraction of sp³-hybridized carbons (Fsp3) is 0.333. The van der Waals surface area contributed by atoms with Crippen molar-refractivity contribution in [3.63, 3.8) is 0 Å². The monoisotopic (exact) mass is 322 g/mol. The molecule has 1 rings (SSSR count). The van der Waals surface area contributed by atoms with E-state index in [0.717, 1.165) is 0 Å². The van der Waals surface area contributed by atoms with Crippen LogP contribution >= 0.6 is 0 Å². The van der Waals surface area contributed by atoms with Gasteiger partial charge in [-0.3, -0.25) is 9.59 Å². The first kappa shape index (κ1) is 18.1. The highest BCUT2D eigenvalue weighted by atomic mass is 16.6. The first-order valence-corrected chi connectivity index (χ1v) is 6.72. The van der Waals surface area contributed by atoms with Gasteiger partial charge in [-0.25, -0.2) is 9.59 Å². The maximum Gasteiger partial charge on any atom is 0.346 e. The summed E-state index contributed by atoms with van der Waals surface area (Å²) >= 11 is 0. The number of ether oxygens (including phenoxy) is 2. The van der Waals surface area contributed by atoms with Gasteiger partial charge in [0.15, 0.2) is 6.10 Å². The molecule has 0 heterocycles. The molecule has 124 valence electrons. The number of hydrogen-bond donors (Lipinski definition) is 2. The molecule has 0 aromatic heterocycles. The van der Waals surface area contributed by atoms with Crippen LogP contribution in [0.5, 0.6) is 0 Å². The van der Waals surface area contributed by atoms with E-state index < -0.39 is 18.0 Å². The zero-order chi connectivity index (χ0) is 17.6. The van der Waals surface area contributed by atoms with Gasteiger partial charge < -0.3 is 20.1 Å². The summed E-state index contributed by atoms with van der Waals surface area (Å²) < 4.78 is 9.44. The van der Waals surface area contributed by atoms with Crippen LogP contribution in [0.25, 0.3) is 0 Å². The number of carbonyl (C=O) groups excluding carboxylic acids is 4. The van der Waals surface area contributed by atoms with Gasteiger partial charge in [0.2, 0.25) is 11.8 Å². The van der Waals surface area contributed by atoms with Crippen LogP contribution in [-0.2, 0) is 23.9 Å². The molecule has 0 fully saturated rings. The highest BCUT2D eigenvalue weighted by Gasteiger charge is 2.20. The van der Waals surface area contributed by atoms with Crippen LogP contribution in [0.1, 0.15) is 31.1 Å². The second-order valence-electron chi connectivity index (χ2n) is 4.73. The molecule has 8 heteroatoms. The van der Waals surface area contributed by atoms with Crippen LogP contribution in [0.3, 0.4) is 0 Å². The number of benzene rings is 1. The van der Waals surface area contributed by atoms with E-state index >= 15 is 0 Å². The van der Waals surface area contributed by atoms with Gasteiger partial charge in [-0.15, -0.1) is 0 Å². The van der Waals surface area contributed by atoms with Gasteiger partial charge in [-0.2, -0.15) is 0 Å². The van der Waals surface area contributed by atoms with Crippen molar-refractivity contribution in [1.82, 2.24) is 0 Å². The highest BCUT2D eigenvalue weighted by molar-refractivity contribution is 5.98. The molecule has 0 spiro atoms. The minimum atomic E-state index is -1.08. The summed E-state index contributed by atoms with van der Waals surface area (Å²) in [5.74, 6) is -2.17. The Hall–Kier alpha value is -2.90. The van der Waals surface area contributed by atoms with Gasteiger partial charge >= 0.3 is 11.9 Å². The van der Waals surface area contributed by atoms with E-state index in [9.17, 15) is 19.2 Å². The number of amides is 2. The number of nitrogens with one attached hydrogen (secondary N) is 2. The number of esters is 2. The average molecular weight is 322 g/mol. The smallest absolute Gasteiger partial charge is 0.346 e. The molecule has 2 amide bonds. The number of carbonyl (C=O) groups is 4. The molecule has 1 aromatic carbocycles. The van der Waals surface area contributed by atoms with Gasteiger partial charge in [0.1, 0.15) is 0 Å². The first-order valence-electron chi connectivity index (χ1n) is 6.72. The number of rotatable bonds is 5. The Morgan fingerprint density at radius 2 is 1.43 bits per heavy atom. The molecule has 0 unspecified atom stereocenters. The molecular formula is C15H18N2O6. The SMILES string of the molecule is COC(=O)[C@@H](C)OC(=O)c1cc(NC(C)=O)cc(NC(C)=O)c1. The average Bonchev–Trinajstić information content (AvgIpc) is 2.44. The molecule has 2 N–H and O–H groups in total. The van der Waals surface area contributed by atoms with Gasteiger partial charge in [0.05, 0.1) is 12.7 Å². The molecule has 0 saturated carbocycles. The molecule has 0 aliphatic heterocycles. The summed E-state index contributed by atoms with van der Waals surface area (Å²) in [6, 6.07) is 4.24. The lowest BCUT2D eigenvalue weighted by atomic mass is 10.1. The standard InChI is InChI=1S/C15H18N2O6/c1-8(14(20)22-4)23-15(21)11-5-12(16-9(2)18)7-13(6-11)17-10(3)19/h5-8H,1-4H3,(H,16,18)(H,17,19)/t8-/m1/s1. The van der Waals surface area contributed by atoms with Gasteiger partial charge in [0, 0.05) is 25.2 Å². The summed E-state index contributed by atoms with van der Waals surface area (Å²) in [7, 11) is 1.18. The zero-order valence-electron chi connectivity index (χ0n) is 13.3. The maximum atomic E-state index is 12.1. The summed E-state index contributed by atoms with van der Waals surface area (Å²) in [6.07, 6.45) is -1.08. The molecule has 23 heavy (non-hydrogen) atoms. The summed E-state index contributed by atoms with van der Waals surface area (Å²) in [5, 5.41) is 5.02. The number of hydrogen-bond acceptors (Lipinski definition) is 6. The Morgan fingerprint density at radius 3 is 1.83 bits per heavy atom. The van der Waals surface area contributed by atoms with E-state index in [1.807, 2.05) is 0 Å². The minimum absolute atomic E-state index is 0.0655. The van der Waals surface area contributed by atoms with Crippen molar-refractivity contribution in [2.24, 2.45) is 0 Å². The molecule has 0 bridgehead atoms. The van der Waals surface area contributed by atoms with E-state index in [4.69, 9.17) is 4.74 Å². The lowest BCUT2D eigenvalue weighted by Gasteiger charge is -2.13. The van der Waals surface area contributed by atoms with Gasteiger partial charge in [-0.05, 0) is 25.1 Å². The normalized spacial score (nSPS) is 11.1. The van der Waals surface area contributed by atoms with Crippen LogP contribution in [0.2, 0.25) is 0 Å². The summed E-state index contributed by atoms with van der Waals surface area (Å²) in [6.45, 7) is 3.99. The van der Waals surface area contributed by atoms with E-state index in [0.29, 0.717) is 11.4 Å². The highest BCUT2D eigenvalue weighted by Crippen LogP contribution is 2.20. The second kappa shape index (κ2) is 7.92. The maximum absolute atomic E-state index is 12.1. The molecule has 0 radical (unpaired) electrons. The predicted molar refractivity (Wildman–Crippen MR) is 81.9 cm³/mol. The third kappa shape index (κ3) is 5.77. The second-order valence-corrected chi connectivity index (χ2v) is 4.73. The van der Waals surface area contributed by atoms with Crippen LogP contribution in [-0.4, -0.2) is 37.0 Å². The quantitative estimate of drug-likeness (QED) is 0.791. The van der Waals surface area contributed by atoms with Crippen molar-refractivity contribution in [2.45, 2.75) is 26.9 Å². The Balaban J connectivity index is 3.07. The van der Waals surface area contributed by atoms with Crippen molar-refractivity contribution >= 4 is 35.1 Å². The zero-order valence-corrected chi connectivity index (χ0v) is 13.3. The third-order valence-corrected chi connectivity index (χ3v) is 2.63. The Bertz CT molecular complexity index is 607. The molecule has 0 aliphatic rings. The van der Waals surface area contributed by atoms with Crippen LogP contribution in [0.4, 0.5) is 11.4 Å². The molecular weight excluding hydrogens is 304 g/mol. The van der Waals surface area contributed by atoms with Crippen molar-refractivity contribution < 1.29 is 28.7 Å². The van der Waals surface area contributed by atoms with Crippen LogP contribution in [0, 0.1) is 0 Å². The largest absolute Gasteiger partial charge is 0.466 e. The van der Waals surface area contributed by atoms with E-state index in [1.54, 1.807) is 0 Å². The van der Waals surface area contributed by atoms with Crippen LogP contribution < -0.4 is 10.6 Å². The third-order valence-electron chi connectivity index (χ3n) is 2.63. The molecule has 1 aromatic rings. The van der Waals surface area contributed by atoms with Crippen molar-refractivity contribution in [2.75, 3.05) is 17.7 Å². The topological polar surface area (TPSA) is 111 Å². The van der Waals surface area contributed by atoms with Crippen LogP contribution in [0.15, 0.2) is 18.2 Å². The van der Waals surface area contributed by atoms with Crippen molar-refractivity contribution in [3.05, 3.63) is 23.8 Å². The lowest BCUT2D eigenvalue weighted by Crippen LogP contribution is -2.25. The molecule has 1 atom stereocenters. The Labute approximate surface area is 133 Å². The number of methoxy groups -OCH3 is 1. The van der Waals surface area contributed by atoms with Gasteiger partial charge in [0.25, 0.3) is 0 Å². The first-order chi connectivity index (χ1) is 10.7. The van der Waals surface area contributed by atoms with Crippen molar-refractivity contribution in [3.8, 4) is 0 Å². The van der Waals surface area contributed by atoms with E-state index in [-0.39, 0.29) is 17.4 Å².